The highest BCUT2D eigenvalue weighted by Gasteiger charge is 2.18. The summed E-state index contributed by atoms with van der Waals surface area (Å²) in [5.74, 6) is -1.95. The summed E-state index contributed by atoms with van der Waals surface area (Å²) >= 11 is 1.05. The number of benzene rings is 2. The van der Waals surface area contributed by atoms with Gasteiger partial charge in [0, 0.05) is 16.2 Å². The van der Waals surface area contributed by atoms with E-state index in [2.05, 4.69) is 5.32 Å². The number of nitrogens with one attached hydrogen (secondary N) is 1. The standard InChI is InChI=1S/C17H11FN2O5S/c18-11-4-3-7-14-10(11)8-15(26-14)17(22)25-9-16(21)19-12-5-1-2-6-13(12)20(23)24/h1-8H,9H2,(H,19,21). The molecule has 3 rings (SSSR count). The number of hydrogen-bond acceptors (Lipinski definition) is 6. The second kappa shape index (κ2) is 7.28. The first kappa shape index (κ1) is 17.5. The van der Waals surface area contributed by atoms with Gasteiger partial charge in [0.15, 0.2) is 6.61 Å². The number of carbonyl (C=O) groups excluding carboxylic acids is 2. The first-order valence-electron chi connectivity index (χ1n) is 7.34. The van der Waals surface area contributed by atoms with Gasteiger partial charge in [0.1, 0.15) is 16.4 Å². The van der Waals surface area contributed by atoms with E-state index in [9.17, 15) is 24.1 Å². The smallest absolute Gasteiger partial charge is 0.348 e. The fraction of sp³-hybridized carbons (Fsp3) is 0.0588. The fourth-order valence-electron chi connectivity index (χ4n) is 2.25. The van der Waals surface area contributed by atoms with Gasteiger partial charge in [-0.05, 0) is 24.3 Å². The van der Waals surface area contributed by atoms with Crippen LogP contribution in [0.2, 0.25) is 0 Å². The molecule has 0 bridgehead atoms. The summed E-state index contributed by atoms with van der Waals surface area (Å²) < 4.78 is 19.1. The Labute approximate surface area is 150 Å². The predicted octanol–water partition coefficient (Wildman–Crippen LogP) is 3.74. The molecule has 0 unspecified atom stereocenters. The summed E-state index contributed by atoms with van der Waals surface area (Å²) in [4.78, 5) is 34.3. The van der Waals surface area contributed by atoms with Crippen LogP contribution in [0.15, 0.2) is 48.5 Å². The number of hydrogen-bond donors (Lipinski definition) is 1. The number of esters is 1. The van der Waals surface area contributed by atoms with Crippen molar-refractivity contribution in [3.05, 3.63) is 69.3 Å². The molecule has 0 atom stereocenters. The molecule has 0 saturated carbocycles. The van der Waals surface area contributed by atoms with Crippen LogP contribution in [0.4, 0.5) is 15.8 Å². The predicted molar refractivity (Wildman–Crippen MR) is 93.8 cm³/mol. The molecule has 0 fully saturated rings. The average Bonchev–Trinajstić information content (AvgIpc) is 3.06. The van der Waals surface area contributed by atoms with Crippen LogP contribution in [-0.2, 0) is 9.53 Å². The molecule has 3 aromatic rings. The number of para-hydroxylation sites is 2. The third-order valence-electron chi connectivity index (χ3n) is 3.42. The summed E-state index contributed by atoms with van der Waals surface area (Å²) in [5.41, 5.74) is -0.269. The molecule has 1 N–H and O–H groups in total. The van der Waals surface area contributed by atoms with Gasteiger partial charge in [-0.3, -0.25) is 14.9 Å². The minimum absolute atomic E-state index is 0.00230. The Hall–Kier alpha value is -3.33. The number of carbonyl (C=O) groups is 2. The molecule has 0 aliphatic carbocycles. The fourth-order valence-corrected chi connectivity index (χ4v) is 3.22. The molecular weight excluding hydrogens is 363 g/mol. The number of thiophene rings is 1. The molecular formula is C17H11FN2O5S. The van der Waals surface area contributed by atoms with E-state index >= 15 is 0 Å². The average molecular weight is 374 g/mol. The van der Waals surface area contributed by atoms with E-state index in [4.69, 9.17) is 4.74 Å². The topological polar surface area (TPSA) is 98.5 Å². The summed E-state index contributed by atoms with van der Waals surface area (Å²) in [6.07, 6.45) is 0. The van der Waals surface area contributed by atoms with E-state index in [0.717, 1.165) is 11.3 Å². The number of amides is 1. The van der Waals surface area contributed by atoms with Crippen LogP contribution in [0.1, 0.15) is 9.67 Å². The molecule has 0 saturated heterocycles. The number of nitrogens with zero attached hydrogens (tertiary/aromatic N) is 1. The van der Waals surface area contributed by atoms with Crippen LogP contribution >= 0.6 is 11.3 Å². The number of halogens is 1. The Balaban J connectivity index is 1.65. The van der Waals surface area contributed by atoms with Crippen LogP contribution in [-0.4, -0.2) is 23.4 Å². The first-order valence-corrected chi connectivity index (χ1v) is 8.16. The number of fused-ring (bicyclic) bond motifs is 1. The van der Waals surface area contributed by atoms with Gasteiger partial charge in [-0.1, -0.05) is 18.2 Å². The highest BCUT2D eigenvalue weighted by molar-refractivity contribution is 7.20. The number of nitro groups is 1. The van der Waals surface area contributed by atoms with Crippen molar-refractivity contribution in [2.45, 2.75) is 0 Å². The highest BCUT2D eigenvalue weighted by atomic mass is 32.1. The van der Waals surface area contributed by atoms with Crippen molar-refractivity contribution in [2.75, 3.05) is 11.9 Å². The van der Waals surface area contributed by atoms with Gasteiger partial charge < -0.3 is 10.1 Å². The van der Waals surface area contributed by atoms with Crippen molar-refractivity contribution in [3.8, 4) is 0 Å². The lowest BCUT2D eigenvalue weighted by Gasteiger charge is -2.06. The Morgan fingerprint density at radius 1 is 1.19 bits per heavy atom. The SMILES string of the molecule is O=C(COC(=O)c1cc2c(F)cccc2s1)Nc1ccccc1[N+](=O)[O-]. The number of anilines is 1. The van der Waals surface area contributed by atoms with Gasteiger partial charge in [-0.25, -0.2) is 9.18 Å². The molecule has 0 aliphatic heterocycles. The largest absolute Gasteiger partial charge is 0.451 e. The highest BCUT2D eigenvalue weighted by Crippen LogP contribution is 2.28. The maximum absolute atomic E-state index is 13.7. The van der Waals surface area contributed by atoms with E-state index in [-0.39, 0.29) is 16.3 Å². The summed E-state index contributed by atoms with van der Waals surface area (Å²) in [7, 11) is 0. The van der Waals surface area contributed by atoms with Gasteiger partial charge >= 0.3 is 5.97 Å². The van der Waals surface area contributed by atoms with Crippen molar-refractivity contribution in [2.24, 2.45) is 0 Å². The van der Waals surface area contributed by atoms with Crippen LogP contribution in [0.3, 0.4) is 0 Å². The second-order valence-electron chi connectivity index (χ2n) is 5.16. The molecule has 0 aliphatic rings. The first-order chi connectivity index (χ1) is 12.5. The lowest BCUT2D eigenvalue weighted by atomic mass is 10.2. The summed E-state index contributed by atoms with van der Waals surface area (Å²) in [6, 6.07) is 11.4. The number of ether oxygens (including phenoxy) is 1. The van der Waals surface area contributed by atoms with E-state index in [1.54, 1.807) is 6.07 Å². The Morgan fingerprint density at radius 3 is 2.69 bits per heavy atom. The molecule has 0 spiro atoms. The van der Waals surface area contributed by atoms with Gasteiger partial charge in [-0.15, -0.1) is 11.3 Å². The van der Waals surface area contributed by atoms with E-state index < -0.39 is 29.2 Å². The maximum Gasteiger partial charge on any atom is 0.348 e. The zero-order valence-corrected chi connectivity index (χ0v) is 13.9. The third kappa shape index (κ3) is 3.67. The molecule has 0 radical (unpaired) electrons. The molecule has 9 heteroatoms. The zero-order chi connectivity index (χ0) is 18.7. The van der Waals surface area contributed by atoms with E-state index in [1.165, 1.54) is 42.5 Å². The molecule has 2 aromatic carbocycles. The Bertz CT molecular complexity index is 1020. The third-order valence-corrected chi connectivity index (χ3v) is 4.50. The lowest BCUT2D eigenvalue weighted by molar-refractivity contribution is -0.383. The van der Waals surface area contributed by atoms with Crippen molar-refractivity contribution in [1.29, 1.82) is 0 Å². The minimum atomic E-state index is -0.775. The van der Waals surface area contributed by atoms with Crippen molar-refractivity contribution >= 4 is 44.7 Å². The molecule has 1 aromatic heterocycles. The van der Waals surface area contributed by atoms with Crippen LogP contribution < -0.4 is 5.32 Å². The maximum atomic E-state index is 13.7. The molecule has 26 heavy (non-hydrogen) atoms. The van der Waals surface area contributed by atoms with Crippen LogP contribution in [0.5, 0.6) is 0 Å². The van der Waals surface area contributed by atoms with E-state index in [0.29, 0.717) is 10.1 Å². The van der Waals surface area contributed by atoms with Crippen molar-refractivity contribution in [3.63, 3.8) is 0 Å². The lowest BCUT2D eigenvalue weighted by Crippen LogP contribution is -2.21. The van der Waals surface area contributed by atoms with Crippen molar-refractivity contribution < 1.29 is 23.6 Å². The monoisotopic (exact) mass is 374 g/mol. The minimum Gasteiger partial charge on any atom is -0.451 e. The Kier molecular flexibility index (Phi) is 4.90. The molecule has 7 nitrogen and oxygen atoms in total. The van der Waals surface area contributed by atoms with Gasteiger partial charge in [0.2, 0.25) is 0 Å². The Morgan fingerprint density at radius 2 is 1.96 bits per heavy atom. The number of nitro benzene ring substituents is 1. The van der Waals surface area contributed by atoms with Gasteiger partial charge in [-0.2, -0.15) is 0 Å². The van der Waals surface area contributed by atoms with Crippen LogP contribution in [0, 0.1) is 15.9 Å². The molecule has 132 valence electrons. The molecule has 1 amide bonds. The molecule has 1 heterocycles. The normalized spacial score (nSPS) is 10.5. The van der Waals surface area contributed by atoms with Crippen LogP contribution in [0.25, 0.3) is 10.1 Å². The number of rotatable bonds is 5. The van der Waals surface area contributed by atoms with Crippen molar-refractivity contribution in [1.82, 2.24) is 0 Å². The quantitative estimate of drug-likeness (QED) is 0.417. The van der Waals surface area contributed by atoms with Gasteiger partial charge in [0.05, 0.1) is 4.92 Å². The summed E-state index contributed by atoms with van der Waals surface area (Å²) in [5, 5.41) is 13.5. The second-order valence-corrected chi connectivity index (χ2v) is 6.24. The van der Waals surface area contributed by atoms with E-state index in [1.807, 2.05) is 0 Å². The van der Waals surface area contributed by atoms with Gasteiger partial charge in [0.25, 0.3) is 11.6 Å². The zero-order valence-electron chi connectivity index (χ0n) is 13.1. The summed E-state index contributed by atoms with van der Waals surface area (Å²) in [6.45, 7) is -0.623.